The van der Waals surface area contributed by atoms with Gasteiger partial charge in [-0.25, -0.2) is 8.78 Å². The fourth-order valence-electron chi connectivity index (χ4n) is 1.13. The van der Waals surface area contributed by atoms with Crippen molar-refractivity contribution in [3.05, 3.63) is 35.4 Å². The SMILES string of the molecule is CC(Cl)C(C)(C)NCc1ccc(F)cc1F. The van der Waals surface area contributed by atoms with Gasteiger partial charge in [-0.05, 0) is 26.8 Å². The Morgan fingerprint density at radius 2 is 2.00 bits per heavy atom. The lowest BCUT2D eigenvalue weighted by atomic mass is 10.0. The van der Waals surface area contributed by atoms with E-state index in [0.717, 1.165) is 6.07 Å². The van der Waals surface area contributed by atoms with Gasteiger partial charge in [0, 0.05) is 29.1 Å². The molecule has 1 N–H and O–H groups in total. The maximum absolute atomic E-state index is 13.3. The molecule has 0 amide bonds. The highest BCUT2D eigenvalue weighted by Crippen LogP contribution is 2.16. The third-order valence-corrected chi connectivity index (χ3v) is 3.29. The van der Waals surface area contributed by atoms with Gasteiger partial charge in [0.25, 0.3) is 0 Å². The highest BCUT2D eigenvalue weighted by molar-refractivity contribution is 6.21. The molecule has 0 fully saturated rings. The summed E-state index contributed by atoms with van der Waals surface area (Å²) in [4.78, 5) is 0. The molecule has 0 heterocycles. The van der Waals surface area contributed by atoms with Gasteiger partial charge >= 0.3 is 0 Å². The maximum atomic E-state index is 13.3. The Kier molecular flexibility index (Phi) is 4.28. The highest BCUT2D eigenvalue weighted by atomic mass is 35.5. The zero-order chi connectivity index (χ0) is 12.3. The van der Waals surface area contributed by atoms with Gasteiger partial charge in [0.15, 0.2) is 0 Å². The van der Waals surface area contributed by atoms with Gasteiger partial charge in [0.2, 0.25) is 0 Å². The summed E-state index contributed by atoms with van der Waals surface area (Å²) in [5.41, 5.74) is 0.134. The molecular formula is C12H16ClF2N. The quantitative estimate of drug-likeness (QED) is 0.804. The van der Waals surface area contributed by atoms with E-state index in [2.05, 4.69) is 5.32 Å². The molecule has 90 valence electrons. The van der Waals surface area contributed by atoms with Crippen LogP contribution >= 0.6 is 11.6 Å². The lowest BCUT2D eigenvalue weighted by molar-refractivity contribution is 0.376. The zero-order valence-corrected chi connectivity index (χ0v) is 10.4. The third kappa shape index (κ3) is 3.42. The van der Waals surface area contributed by atoms with Gasteiger partial charge in [0.1, 0.15) is 11.6 Å². The molecule has 1 aromatic carbocycles. The van der Waals surface area contributed by atoms with Gasteiger partial charge in [-0.15, -0.1) is 11.6 Å². The van der Waals surface area contributed by atoms with E-state index in [-0.39, 0.29) is 10.9 Å². The van der Waals surface area contributed by atoms with Crippen LogP contribution in [0.3, 0.4) is 0 Å². The van der Waals surface area contributed by atoms with E-state index in [9.17, 15) is 8.78 Å². The van der Waals surface area contributed by atoms with Crippen molar-refractivity contribution in [1.82, 2.24) is 5.32 Å². The minimum absolute atomic E-state index is 0.0870. The third-order valence-electron chi connectivity index (χ3n) is 2.74. The van der Waals surface area contributed by atoms with Crippen LogP contribution in [0.2, 0.25) is 0 Å². The normalized spacial score (nSPS) is 13.9. The van der Waals surface area contributed by atoms with E-state index in [4.69, 9.17) is 11.6 Å². The topological polar surface area (TPSA) is 12.0 Å². The molecule has 1 unspecified atom stereocenters. The number of benzene rings is 1. The molecule has 0 bridgehead atoms. The summed E-state index contributed by atoms with van der Waals surface area (Å²) < 4.78 is 26.0. The first kappa shape index (κ1) is 13.4. The molecule has 16 heavy (non-hydrogen) atoms. The summed E-state index contributed by atoms with van der Waals surface area (Å²) in [7, 11) is 0. The molecule has 0 aromatic heterocycles. The molecule has 0 aliphatic rings. The second kappa shape index (κ2) is 5.11. The lowest BCUT2D eigenvalue weighted by Crippen LogP contribution is -2.45. The van der Waals surface area contributed by atoms with Crippen molar-refractivity contribution in [3.8, 4) is 0 Å². The average Bonchev–Trinajstić information content (AvgIpc) is 2.16. The molecule has 1 nitrogen and oxygen atoms in total. The van der Waals surface area contributed by atoms with E-state index in [0.29, 0.717) is 12.1 Å². The van der Waals surface area contributed by atoms with Crippen molar-refractivity contribution in [1.29, 1.82) is 0 Å². The number of hydrogen-bond acceptors (Lipinski definition) is 1. The lowest BCUT2D eigenvalue weighted by Gasteiger charge is -2.29. The van der Waals surface area contributed by atoms with Crippen molar-refractivity contribution in [3.63, 3.8) is 0 Å². The summed E-state index contributed by atoms with van der Waals surface area (Å²) in [6.45, 7) is 6.07. The standard InChI is InChI=1S/C12H16ClF2N/c1-8(13)12(2,3)16-7-9-4-5-10(14)6-11(9)15/h4-6,8,16H,7H2,1-3H3. The summed E-state index contributed by atoms with van der Waals surface area (Å²) in [5.74, 6) is -1.10. The van der Waals surface area contributed by atoms with Crippen molar-refractivity contribution < 1.29 is 8.78 Å². The first-order chi connectivity index (χ1) is 7.33. The van der Waals surface area contributed by atoms with Crippen LogP contribution in [0.15, 0.2) is 18.2 Å². The van der Waals surface area contributed by atoms with Crippen LogP contribution in [0.1, 0.15) is 26.3 Å². The van der Waals surface area contributed by atoms with Gasteiger partial charge in [-0.1, -0.05) is 6.07 Å². The fourth-order valence-corrected chi connectivity index (χ4v) is 1.21. The molecule has 1 rings (SSSR count). The number of rotatable bonds is 4. The first-order valence-corrected chi connectivity index (χ1v) is 5.59. The van der Waals surface area contributed by atoms with E-state index in [1.165, 1.54) is 12.1 Å². The molecule has 1 atom stereocenters. The molecular weight excluding hydrogens is 232 g/mol. The van der Waals surface area contributed by atoms with Crippen LogP contribution in [0.4, 0.5) is 8.78 Å². The van der Waals surface area contributed by atoms with E-state index < -0.39 is 11.6 Å². The van der Waals surface area contributed by atoms with Gasteiger partial charge in [-0.3, -0.25) is 0 Å². The first-order valence-electron chi connectivity index (χ1n) is 5.16. The Balaban J connectivity index is 2.68. The monoisotopic (exact) mass is 247 g/mol. The Labute approximate surface area is 99.8 Å². The predicted octanol–water partition coefficient (Wildman–Crippen LogP) is 3.46. The second-order valence-electron chi connectivity index (χ2n) is 4.43. The Hall–Kier alpha value is -0.670. The number of nitrogens with one attached hydrogen (secondary N) is 1. The summed E-state index contributed by atoms with van der Waals surface area (Å²) in [6.07, 6.45) is 0. The van der Waals surface area contributed by atoms with Gasteiger partial charge < -0.3 is 5.32 Å². The Morgan fingerprint density at radius 1 is 1.38 bits per heavy atom. The summed E-state index contributed by atoms with van der Waals surface area (Å²) in [6, 6.07) is 3.57. The molecule has 0 spiro atoms. The molecule has 0 saturated heterocycles. The van der Waals surface area contributed by atoms with Crippen LogP contribution in [-0.2, 0) is 6.54 Å². The maximum Gasteiger partial charge on any atom is 0.130 e. The number of halogens is 3. The van der Waals surface area contributed by atoms with Crippen LogP contribution in [0.5, 0.6) is 0 Å². The smallest absolute Gasteiger partial charge is 0.130 e. The van der Waals surface area contributed by atoms with Crippen molar-refractivity contribution in [2.24, 2.45) is 0 Å². The van der Waals surface area contributed by atoms with Crippen LogP contribution < -0.4 is 5.32 Å². The summed E-state index contributed by atoms with van der Waals surface area (Å²) in [5, 5.41) is 3.05. The van der Waals surface area contributed by atoms with E-state index in [1.807, 2.05) is 20.8 Å². The fraction of sp³-hybridized carbons (Fsp3) is 0.500. The Morgan fingerprint density at radius 3 is 2.50 bits per heavy atom. The minimum atomic E-state index is -0.564. The average molecular weight is 248 g/mol. The molecule has 4 heteroatoms. The zero-order valence-electron chi connectivity index (χ0n) is 9.65. The largest absolute Gasteiger partial charge is 0.306 e. The molecule has 0 aliphatic heterocycles. The second-order valence-corrected chi connectivity index (χ2v) is 5.08. The molecule has 0 saturated carbocycles. The minimum Gasteiger partial charge on any atom is -0.306 e. The summed E-state index contributed by atoms with van der Waals surface area (Å²) >= 11 is 5.98. The molecule has 0 radical (unpaired) electrons. The number of hydrogen-bond donors (Lipinski definition) is 1. The van der Waals surface area contributed by atoms with Crippen molar-refractivity contribution in [2.75, 3.05) is 0 Å². The highest BCUT2D eigenvalue weighted by Gasteiger charge is 2.23. The van der Waals surface area contributed by atoms with Crippen LogP contribution in [-0.4, -0.2) is 10.9 Å². The van der Waals surface area contributed by atoms with Crippen molar-refractivity contribution >= 4 is 11.6 Å². The molecule has 1 aromatic rings. The molecule has 0 aliphatic carbocycles. The van der Waals surface area contributed by atoms with Crippen molar-refractivity contribution in [2.45, 2.75) is 38.2 Å². The Bertz CT molecular complexity index is 364. The predicted molar refractivity (Wildman–Crippen MR) is 62.6 cm³/mol. The van der Waals surface area contributed by atoms with Crippen LogP contribution in [0, 0.1) is 11.6 Å². The van der Waals surface area contributed by atoms with Gasteiger partial charge in [-0.2, -0.15) is 0 Å². The van der Waals surface area contributed by atoms with Gasteiger partial charge in [0.05, 0.1) is 0 Å². The van der Waals surface area contributed by atoms with Crippen LogP contribution in [0.25, 0.3) is 0 Å². The number of alkyl halides is 1. The van der Waals surface area contributed by atoms with E-state index in [1.54, 1.807) is 0 Å². The van der Waals surface area contributed by atoms with E-state index >= 15 is 0 Å².